The van der Waals surface area contributed by atoms with Crippen molar-refractivity contribution in [1.82, 2.24) is 0 Å². The molecule has 3 nitrogen and oxygen atoms in total. The molecule has 0 fully saturated rings. The Morgan fingerprint density at radius 2 is 1.48 bits per heavy atom. The molecule has 1 aromatic rings. The summed E-state index contributed by atoms with van der Waals surface area (Å²) in [5, 5.41) is 0.974. The maximum Gasteiger partial charge on any atom is 0.538 e. The van der Waals surface area contributed by atoms with Crippen LogP contribution in [-0.4, -0.2) is 26.6 Å². The second-order valence-electron chi connectivity index (χ2n) is 6.17. The van der Waals surface area contributed by atoms with Crippen LogP contribution in [0.5, 0.6) is 0 Å². The maximum absolute atomic E-state index is 6.36. The zero-order valence-electron chi connectivity index (χ0n) is 14.1. The average Bonchev–Trinajstić information content (AvgIpc) is 2.37. The molecule has 0 atom stereocenters. The van der Waals surface area contributed by atoms with Crippen LogP contribution in [0.3, 0.4) is 0 Å². The van der Waals surface area contributed by atoms with E-state index >= 15 is 0 Å². The van der Waals surface area contributed by atoms with Gasteiger partial charge in [-0.2, -0.15) is 0 Å². The first-order valence-corrected chi connectivity index (χ1v) is 9.18. The van der Waals surface area contributed by atoms with E-state index in [9.17, 15) is 0 Å². The third-order valence-corrected chi connectivity index (χ3v) is 6.20. The third kappa shape index (κ3) is 5.40. The summed E-state index contributed by atoms with van der Waals surface area (Å²) < 4.78 is 18.8. The van der Waals surface area contributed by atoms with E-state index in [-0.39, 0.29) is 12.2 Å². The van der Waals surface area contributed by atoms with Crippen molar-refractivity contribution >= 4 is 14.0 Å². The van der Waals surface area contributed by atoms with Gasteiger partial charge in [-0.15, -0.1) is 6.58 Å². The van der Waals surface area contributed by atoms with Crippen molar-refractivity contribution in [3.05, 3.63) is 43.0 Å². The Hall–Kier alpha value is -0.943. The van der Waals surface area contributed by atoms with E-state index < -0.39 is 14.4 Å². The molecule has 0 heterocycles. The van der Waals surface area contributed by atoms with Gasteiger partial charge >= 0.3 is 8.80 Å². The molecule has 0 saturated heterocycles. The van der Waals surface area contributed by atoms with E-state index in [1.807, 2.05) is 71.9 Å². The Labute approximate surface area is 130 Å². The minimum absolute atomic E-state index is 0.0104. The second kappa shape index (κ2) is 7.36. The number of rotatable bonds is 8. The lowest BCUT2D eigenvalue weighted by atomic mass is 10.1. The molecule has 0 saturated carbocycles. The minimum atomic E-state index is -3.03. The van der Waals surface area contributed by atoms with E-state index in [1.54, 1.807) is 6.08 Å². The first kappa shape index (κ1) is 18.1. The molecule has 0 spiro atoms. The summed E-state index contributed by atoms with van der Waals surface area (Å²) in [5.41, 5.74) is -0.522. The summed E-state index contributed by atoms with van der Waals surface area (Å²) in [6.07, 6.45) is 1.80. The summed E-state index contributed by atoms with van der Waals surface area (Å²) >= 11 is 0. The average molecular weight is 308 g/mol. The molecule has 1 aromatic carbocycles. The number of hydrogen-bond acceptors (Lipinski definition) is 3. The van der Waals surface area contributed by atoms with Crippen LogP contribution in [0.25, 0.3) is 0 Å². The van der Waals surface area contributed by atoms with E-state index in [0.29, 0.717) is 0 Å². The van der Waals surface area contributed by atoms with Crippen LogP contribution in [0.2, 0.25) is 0 Å². The second-order valence-corrected chi connectivity index (χ2v) is 8.53. The van der Waals surface area contributed by atoms with Crippen LogP contribution in [0, 0.1) is 0 Å². The molecule has 0 aliphatic heterocycles. The van der Waals surface area contributed by atoms with Gasteiger partial charge in [-0.1, -0.05) is 36.4 Å². The molecule has 118 valence electrons. The zero-order chi connectivity index (χ0) is 16.1. The molecule has 4 heteroatoms. The first-order chi connectivity index (χ1) is 9.71. The van der Waals surface area contributed by atoms with Crippen molar-refractivity contribution < 1.29 is 13.3 Å². The summed E-state index contributed by atoms with van der Waals surface area (Å²) in [7, 11) is -3.03. The van der Waals surface area contributed by atoms with Crippen LogP contribution in [0.4, 0.5) is 0 Å². The van der Waals surface area contributed by atoms with Gasteiger partial charge in [0.2, 0.25) is 0 Å². The lowest BCUT2D eigenvalue weighted by Gasteiger charge is -2.38. The molecule has 0 unspecified atom stereocenters. The number of benzene rings is 1. The quantitative estimate of drug-likeness (QED) is 0.542. The molecule has 21 heavy (non-hydrogen) atoms. The van der Waals surface area contributed by atoms with Crippen molar-refractivity contribution in [3.8, 4) is 0 Å². The van der Waals surface area contributed by atoms with Gasteiger partial charge in [-0.3, -0.25) is 0 Å². The molecule has 0 aromatic heterocycles. The Kier molecular flexibility index (Phi) is 6.35. The van der Waals surface area contributed by atoms with Gasteiger partial charge in [0.15, 0.2) is 0 Å². The summed E-state index contributed by atoms with van der Waals surface area (Å²) in [4.78, 5) is 0. The van der Waals surface area contributed by atoms with E-state index in [2.05, 4.69) is 6.58 Å². The fourth-order valence-electron chi connectivity index (χ4n) is 1.92. The van der Waals surface area contributed by atoms with Crippen molar-refractivity contribution in [2.75, 3.05) is 0 Å². The van der Waals surface area contributed by atoms with E-state index in [0.717, 1.165) is 5.19 Å². The standard InChI is InChI=1S/C17H28O3Si/c1-8-17(6,7)20-21(18-14(2)3,19-15(4)5)16-12-10-9-11-13-16/h8-15H,1H2,2-7H3. The van der Waals surface area contributed by atoms with Crippen LogP contribution in [-0.2, 0) is 13.3 Å². The Balaban J connectivity index is 3.30. The molecule has 0 aliphatic carbocycles. The Bertz CT molecular complexity index is 431. The third-order valence-electron chi connectivity index (χ3n) is 2.80. The lowest BCUT2D eigenvalue weighted by molar-refractivity contribution is -0.00799. The smallest absolute Gasteiger partial charge is 0.367 e. The highest BCUT2D eigenvalue weighted by Crippen LogP contribution is 2.23. The van der Waals surface area contributed by atoms with Crippen LogP contribution >= 0.6 is 0 Å². The summed E-state index contributed by atoms with van der Waals surface area (Å²) in [6.45, 7) is 15.8. The van der Waals surface area contributed by atoms with Crippen molar-refractivity contribution in [3.63, 3.8) is 0 Å². The topological polar surface area (TPSA) is 27.7 Å². The Morgan fingerprint density at radius 1 is 1.00 bits per heavy atom. The van der Waals surface area contributed by atoms with Crippen molar-refractivity contribution in [2.45, 2.75) is 59.4 Å². The number of hydrogen-bond donors (Lipinski definition) is 0. The van der Waals surface area contributed by atoms with Gasteiger partial charge < -0.3 is 13.3 Å². The van der Waals surface area contributed by atoms with Gasteiger partial charge in [0.25, 0.3) is 0 Å². The normalized spacial score (nSPS) is 13.0. The van der Waals surface area contributed by atoms with Crippen LogP contribution < -0.4 is 5.19 Å². The zero-order valence-corrected chi connectivity index (χ0v) is 15.1. The fourth-order valence-corrected chi connectivity index (χ4v) is 5.08. The Morgan fingerprint density at radius 3 is 1.86 bits per heavy atom. The van der Waals surface area contributed by atoms with Gasteiger partial charge in [0.1, 0.15) is 0 Å². The predicted molar refractivity (Wildman–Crippen MR) is 89.6 cm³/mol. The molecule has 0 aliphatic rings. The molecular formula is C17H28O3Si. The lowest BCUT2D eigenvalue weighted by Crippen LogP contribution is -2.62. The van der Waals surface area contributed by atoms with Gasteiger partial charge in [-0.05, 0) is 41.5 Å². The van der Waals surface area contributed by atoms with Gasteiger partial charge in [0.05, 0.1) is 5.60 Å². The summed E-state index contributed by atoms with van der Waals surface area (Å²) in [5.74, 6) is 0. The molecular weight excluding hydrogens is 280 g/mol. The van der Waals surface area contributed by atoms with Gasteiger partial charge in [-0.25, -0.2) is 0 Å². The largest absolute Gasteiger partial charge is 0.538 e. The van der Waals surface area contributed by atoms with Crippen LogP contribution in [0.15, 0.2) is 43.0 Å². The summed E-state index contributed by atoms with van der Waals surface area (Å²) in [6, 6.07) is 9.96. The van der Waals surface area contributed by atoms with Crippen LogP contribution in [0.1, 0.15) is 41.5 Å². The fraction of sp³-hybridized carbons (Fsp3) is 0.529. The SMILES string of the molecule is C=CC(C)(C)O[Si](OC(C)C)(OC(C)C)c1ccccc1. The highest BCUT2D eigenvalue weighted by atomic mass is 28.4. The monoisotopic (exact) mass is 308 g/mol. The molecule has 0 amide bonds. The maximum atomic E-state index is 6.36. The van der Waals surface area contributed by atoms with E-state index in [1.165, 1.54) is 0 Å². The van der Waals surface area contributed by atoms with Crippen molar-refractivity contribution in [1.29, 1.82) is 0 Å². The molecule has 0 radical (unpaired) electrons. The molecule has 1 rings (SSSR count). The molecule has 0 N–H and O–H groups in total. The predicted octanol–water partition coefficient (Wildman–Crippen LogP) is 3.66. The minimum Gasteiger partial charge on any atom is -0.367 e. The highest BCUT2D eigenvalue weighted by molar-refractivity contribution is 6.75. The molecule has 0 bridgehead atoms. The van der Waals surface area contributed by atoms with E-state index in [4.69, 9.17) is 13.3 Å². The first-order valence-electron chi connectivity index (χ1n) is 7.45. The highest BCUT2D eigenvalue weighted by Gasteiger charge is 2.49. The van der Waals surface area contributed by atoms with Gasteiger partial charge in [0, 0.05) is 17.4 Å². The van der Waals surface area contributed by atoms with Crippen molar-refractivity contribution in [2.24, 2.45) is 0 Å².